The van der Waals surface area contributed by atoms with Crippen LogP contribution >= 0.6 is 12.2 Å². The molecule has 2 saturated heterocycles. The third-order valence-corrected chi connectivity index (χ3v) is 6.87. The zero-order valence-corrected chi connectivity index (χ0v) is 20.1. The zero-order valence-electron chi connectivity index (χ0n) is 19.3. The average molecular weight is 493 g/mol. The second kappa shape index (κ2) is 10.6. The molecule has 182 valence electrons. The number of furan rings is 1. The number of rotatable bonds is 8. The van der Waals surface area contributed by atoms with Crippen molar-refractivity contribution in [1.29, 1.82) is 0 Å². The van der Waals surface area contributed by atoms with Crippen LogP contribution in [0.2, 0.25) is 0 Å². The van der Waals surface area contributed by atoms with Gasteiger partial charge in [-0.05, 0) is 49.0 Å². The second-order valence-corrected chi connectivity index (χ2v) is 9.07. The van der Waals surface area contributed by atoms with Gasteiger partial charge in [-0.25, -0.2) is 4.79 Å². The number of benzene rings is 1. The highest BCUT2D eigenvalue weighted by Gasteiger charge is 2.41. The molecule has 2 N–H and O–H groups in total. The lowest BCUT2D eigenvalue weighted by Gasteiger charge is -2.29. The van der Waals surface area contributed by atoms with E-state index >= 15 is 0 Å². The minimum Gasteiger partial charge on any atom is -0.478 e. The monoisotopic (exact) mass is 492 g/mol. The van der Waals surface area contributed by atoms with E-state index in [-0.39, 0.29) is 17.6 Å². The minimum absolute atomic E-state index is 0.180. The molecule has 0 spiro atoms. The molecular formula is C26H28N4O4S. The molecule has 0 amide bonds. The van der Waals surface area contributed by atoms with Gasteiger partial charge in [-0.3, -0.25) is 9.88 Å². The zero-order chi connectivity index (χ0) is 24.2. The highest BCUT2D eigenvalue weighted by atomic mass is 32.1. The third-order valence-electron chi connectivity index (χ3n) is 6.52. The number of ether oxygens (including phenoxy) is 1. The Balaban J connectivity index is 1.42. The summed E-state index contributed by atoms with van der Waals surface area (Å²) in [7, 11) is 0. The maximum atomic E-state index is 11.7. The predicted molar refractivity (Wildman–Crippen MR) is 135 cm³/mol. The van der Waals surface area contributed by atoms with E-state index in [2.05, 4.69) is 20.1 Å². The first-order chi connectivity index (χ1) is 17.1. The molecule has 9 heteroatoms. The van der Waals surface area contributed by atoms with Crippen LogP contribution in [-0.2, 0) is 4.74 Å². The molecule has 0 saturated carbocycles. The maximum absolute atomic E-state index is 11.7. The molecule has 2 aromatic heterocycles. The molecule has 0 radical (unpaired) electrons. The molecule has 0 aliphatic carbocycles. The van der Waals surface area contributed by atoms with Crippen molar-refractivity contribution in [2.75, 3.05) is 39.4 Å². The Morgan fingerprint density at radius 3 is 2.66 bits per heavy atom. The average Bonchev–Trinajstić information content (AvgIpc) is 3.50. The number of morpholine rings is 1. The van der Waals surface area contributed by atoms with Crippen molar-refractivity contribution in [2.45, 2.75) is 18.5 Å². The number of hydrogen-bond acceptors (Lipinski definition) is 6. The number of thiocarbonyl (C=S) groups is 1. The van der Waals surface area contributed by atoms with Crippen molar-refractivity contribution in [3.63, 3.8) is 0 Å². The largest absolute Gasteiger partial charge is 0.478 e. The van der Waals surface area contributed by atoms with E-state index < -0.39 is 5.97 Å². The van der Waals surface area contributed by atoms with E-state index in [9.17, 15) is 9.90 Å². The topological polar surface area (TPSA) is 91.1 Å². The van der Waals surface area contributed by atoms with Gasteiger partial charge in [0.25, 0.3) is 0 Å². The number of nitrogens with zero attached hydrogens (tertiary/aromatic N) is 3. The van der Waals surface area contributed by atoms with Crippen molar-refractivity contribution in [1.82, 2.24) is 20.1 Å². The van der Waals surface area contributed by atoms with Crippen LogP contribution in [0, 0.1) is 0 Å². The summed E-state index contributed by atoms with van der Waals surface area (Å²) < 4.78 is 11.8. The smallest absolute Gasteiger partial charge is 0.336 e. The predicted octanol–water partition coefficient (Wildman–Crippen LogP) is 3.73. The Bertz CT molecular complexity index is 1180. The Kier molecular flexibility index (Phi) is 7.08. The number of aromatic carboxylic acids is 1. The summed E-state index contributed by atoms with van der Waals surface area (Å²) in [5.74, 6) is 0.247. The van der Waals surface area contributed by atoms with Crippen LogP contribution in [0.4, 0.5) is 0 Å². The van der Waals surface area contributed by atoms with Crippen molar-refractivity contribution in [3.8, 4) is 11.3 Å². The molecule has 2 fully saturated rings. The summed E-state index contributed by atoms with van der Waals surface area (Å²) in [6.45, 7) is 5.19. The third kappa shape index (κ3) is 5.07. The maximum Gasteiger partial charge on any atom is 0.336 e. The van der Waals surface area contributed by atoms with Crippen LogP contribution in [0.3, 0.4) is 0 Å². The van der Waals surface area contributed by atoms with Gasteiger partial charge in [0.1, 0.15) is 17.6 Å². The first kappa shape index (κ1) is 23.5. The molecule has 3 aromatic rings. The summed E-state index contributed by atoms with van der Waals surface area (Å²) in [6, 6.07) is 16.1. The molecule has 2 atom stereocenters. The van der Waals surface area contributed by atoms with E-state index in [4.69, 9.17) is 21.4 Å². The molecule has 5 rings (SSSR count). The summed E-state index contributed by atoms with van der Waals surface area (Å²) in [5.41, 5.74) is 1.63. The van der Waals surface area contributed by atoms with Gasteiger partial charge in [0, 0.05) is 37.9 Å². The SMILES string of the molecule is O=C(O)c1ccccc1-c1ccc([C@H]2[C@H](c3ccccn3)NC(=S)N2CCCN2CCOCC2)o1. The molecule has 2 aliphatic heterocycles. The quantitative estimate of drug-likeness (QED) is 0.456. The molecule has 4 heterocycles. The molecule has 35 heavy (non-hydrogen) atoms. The van der Waals surface area contributed by atoms with Crippen LogP contribution in [0.25, 0.3) is 11.3 Å². The number of nitrogens with one attached hydrogen (secondary N) is 1. The van der Waals surface area contributed by atoms with Crippen LogP contribution < -0.4 is 5.32 Å². The van der Waals surface area contributed by atoms with E-state index in [1.54, 1.807) is 24.4 Å². The van der Waals surface area contributed by atoms with Gasteiger partial charge >= 0.3 is 5.97 Å². The van der Waals surface area contributed by atoms with Crippen LogP contribution in [0.15, 0.2) is 65.2 Å². The van der Waals surface area contributed by atoms with E-state index in [0.29, 0.717) is 16.4 Å². The number of pyridine rings is 1. The van der Waals surface area contributed by atoms with E-state index in [1.807, 2.05) is 36.4 Å². The second-order valence-electron chi connectivity index (χ2n) is 8.68. The van der Waals surface area contributed by atoms with Gasteiger partial charge in [-0.2, -0.15) is 0 Å². The minimum atomic E-state index is -0.988. The van der Waals surface area contributed by atoms with E-state index in [0.717, 1.165) is 57.3 Å². The van der Waals surface area contributed by atoms with Gasteiger partial charge in [0.15, 0.2) is 5.11 Å². The fourth-order valence-electron chi connectivity index (χ4n) is 4.79. The molecule has 0 unspecified atom stereocenters. The van der Waals surface area contributed by atoms with Gasteiger partial charge in [0.2, 0.25) is 0 Å². The lowest BCUT2D eigenvalue weighted by molar-refractivity contribution is 0.0365. The molecule has 0 bridgehead atoms. The number of aromatic nitrogens is 1. The number of carboxylic acid groups (broad SMARTS) is 1. The van der Waals surface area contributed by atoms with Crippen molar-refractivity contribution >= 4 is 23.3 Å². The van der Waals surface area contributed by atoms with Crippen LogP contribution in [0.1, 0.15) is 40.3 Å². The lowest BCUT2D eigenvalue weighted by Crippen LogP contribution is -2.38. The number of carboxylic acids is 1. The summed E-state index contributed by atoms with van der Waals surface area (Å²) >= 11 is 5.75. The number of hydrogen-bond donors (Lipinski definition) is 2. The molecule has 1 aromatic carbocycles. The summed E-state index contributed by atoms with van der Waals surface area (Å²) in [4.78, 5) is 20.9. The van der Waals surface area contributed by atoms with Crippen molar-refractivity contribution < 1.29 is 19.1 Å². The highest BCUT2D eigenvalue weighted by Crippen LogP contribution is 2.40. The fraction of sp³-hybridized carbons (Fsp3) is 0.346. The van der Waals surface area contributed by atoms with Gasteiger partial charge in [-0.15, -0.1) is 0 Å². The molecular weight excluding hydrogens is 464 g/mol. The Hall–Kier alpha value is -3.27. The van der Waals surface area contributed by atoms with Crippen molar-refractivity contribution in [2.24, 2.45) is 0 Å². The van der Waals surface area contributed by atoms with Gasteiger partial charge in [0.05, 0.1) is 30.5 Å². The molecule has 8 nitrogen and oxygen atoms in total. The first-order valence-corrected chi connectivity index (χ1v) is 12.2. The van der Waals surface area contributed by atoms with Crippen molar-refractivity contribution in [3.05, 3.63) is 77.8 Å². The Labute approximate surface area is 209 Å². The Morgan fingerprint density at radius 1 is 1.09 bits per heavy atom. The van der Waals surface area contributed by atoms with Gasteiger partial charge in [-0.1, -0.05) is 24.3 Å². The standard InChI is InChI=1S/C26H28N4O4S/c31-25(32)19-7-2-1-6-18(19)21-9-10-22(34-21)24-23(20-8-3-4-11-27-20)28-26(35)30(24)13-5-12-29-14-16-33-17-15-29/h1-4,6-11,23-24H,5,12-17H2,(H,28,35)(H,31,32)/t23-,24-/m0/s1. The first-order valence-electron chi connectivity index (χ1n) is 11.8. The Morgan fingerprint density at radius 2 is 1.89 bits per heavy atom. The van der Waals surface area contributed by atoms with E-state index in [1.165, 1.54) is 0 Å². The van der Waals surface area contributed by atoms with Gasteiger partial charge < -0.3 is 24.5 Å². The summed E-state index contributed by atoms with van der Waals surface area (Å²) in [6.07, 6.45) is 2.72. The summed E-state index contributed by atoms with van der Waals surface area (Å²) in [5, 5.41) is 13.7. The molecule has 2 aliphatic rings. The normalized spacial score (nSPS) is 20.7. The highest BCUT2D eigenvalue weighted by molar-refractivity contribution is 7.80. The lowest BCUT2D eigenvalue weighted by atomic mass is 10.0. The van der Waals surface area contributed by atoms with Crippen LogP contribution in [0.5, 0.6) is 0 Å². The fourth-order valence-corrected chi connectivity index (χ4v) is 5.12. The number of carbonyl (C=O) groups is 1. The van der Waals surface area contributed by atoms with Crippen LogP contribution in [-0.4, -0.2) is 70.4 Å².